The lowest BCUT2D eigenvalue weighted by molar-refractivity contribution is -0.376. The predicted octanol–water partition coefficient (Wildman–Crippen LogP) is 12.4. The van der Waals surface area contributed by atoms with Gasteiger partial charge in [-0.2, -0.15) is 0 Å². The average Bonchev–Trinajstić information content (AvgIpc) is 3.25. The molecule has 0 N–H and O–H groups in total. The molecule has 9 unspecified atom stereocenters. The van der Waals surface area contributed by atoms with Crippen molar-refractivity contribution >= 4 is 0 Å². The summed E-state index contributed by atoms with van der Waals surface area (Å²) in [4.78, 5) is 0. The minimum absolute atomic E-state index is 0.00630. The Hall–Kier alpha value is -0.120. The summed E-state index contributed by atoms with van der Waals surface area (Å²) in [6, 6.07) is 0. The second kappa shape index (κ2) is 11.7. The standard InChI is InChI=1S/C43H80O3/c1-26(2)27(3)21-28-30-32-33(41(18,19)25-42(32,20)24-40(30,16)17)35(44-28)46-43(23-37(7,8)9)34(39(13,14)15)31(38(10,11)12)29(45-43)22-36(4,5)6/h26-35H,21-25H2,1-20H3/t27-,28?,29?,30?,31?,32?,33?,34?,35?,42+,43?/m1/s1. The summed E-state index contributed by atoms with van der Waals surface area (Å²) < 4.78 is 23.2. The zero-order valence-electron chi connectivity index (χ0n) is 34.5. The van der Waals surface area contributed by atoms with Crippen LogP contribution in [-0.2, 0) is 14.2 Å². The molecular formula is C43H80O3. The van der Waals surface area contributed by atoms with Crippen molar-refractivity contribution in [1.82, 2.24) is 0 Å². The molecule has 3 heteroatoms. The molecule has 2 saturated carbocycles. The van der Waals surface area contributed by atoms with Crippen LogP contribution in [0.25, 0.3) is 0 Å². The van der Waals surface area contributed by atoms with Crippen molar-refractivity contribution in [2.75, 3.05) is 0 Å². The van der Waals surface area contributed by atoms with E-state index in [9.17, 15) is 0 Å². The number of hydrogen-bond donors (Lipinski definition) is 0. The van der Waals surface area contributed by atoms with Gasteiger partial charge in [0.1, 0.15) is 0 Å². The molecule has 4 aliphatic rings. The number of ether oxygens (including phenoxy) is 3. The lowest BCUT2D eigenvalue weighted by atomic mass is 9.58. The van der Waals surface area contributed by atoms with Crippen LogP contribution in [-0.4, -0.2) is 24.3 Å². The first-order chi connectivity index (χ1) is 20.3. The van der Waals surface area contributed by atoms with Crippen LogP contribution in [0.3, 0.4) is 0 Å². The minimum Gasteiger partial charge on any atom is -0.349 e. The van der Waals surface area contributed by atoms with Crippen LogP contribution in [0, 0.1) is 79.3 Å². The smallest absolute Gasteiger partial charge is 0.175 e. The Morgan fingerprint density at radius 3 is 1.63 bits per heavy atom. The molecule has 2 heterocycles. The Balaban J connectivity index is 1.91. The van der Waals surface area contributed by atoms with Crippen LogP contribution in [0.5, 0.6) is 0 Å². The Bertz CT molecular complexity index is 1070. The van der Waals surface area contributed by atoms with E-state index in [0.29, 0.717) is 40.9 Å². The summed E-state index contributed by atoms with van der Waals surface area (Å²) in [6.07, 6.45) is 5.61. The van der Waals surface area contributed by atoms with Gasteiger partial charge in [-0.05, 0) is 93.2 Å². The van der Waals surface area contributed by atoms with Crippen LogP contribution in [0.15, 0.2) is 0 Å². The van der Waals surface area contributed by atoms with E-state index in [4.69, 9.17) is 14.2 Å². The van der Waals surface area contributed by atoms with E-state index < -0.39 is 5.79 Å². The van der Waals surface area contributed by atoms with Crippen LogP contribution in [0.4, 0.5) is 0 Å². The fraction of sp³-hybridized carbons (Fsp3) is 1.00. The lowest BCUT2D eigenvalue weighted by Gasteiger charge is -2.54. The van der Waals surface area contributed by atoms with E-state index in [1.54, 1.807) is 0 Å². The molecule has 0 bridgehead atoms. The van der Waals surface area contributed by atoms with Crippen LogP contribution < -0.4 is 0 Å². The SMILES string of the molecule is CC(C)[C@H](C)CC1OC(OC2(CC(C)(C)C)OC(CC(C)(C)C)C(C(C)(C)C)C2C(C)(C)C)C2C3C1C(C)(C)C[C@@]3(C)CC2(C)C. The summed E-state index contributed by atoms with van der Waals surface area (Å²) in [6.45, 7) is 48.9. The maximum atomic E-state index is 7.94. The van der Waals surface area contributed by atoms with Gasteiger partial charge in [-0.25, -0.2) is 0 Å². The van der Waals surface area contributed by atoms with E-state index in [2.05, 4.69) is 138 Å². The van der Waals surface area contributed by atoms with Crippen LogP contribution in [0.1, 0.15) is 171 Å². The molecule has 2 saturated heterocycles. The highest BCUT2D eigenvalue weighted by Crippen LogP contribution is 2.74. The van der Waals surface area contributed by atoms with E-state index in [-0.39, 0.29) is 56.9 Å². The Morgan fingerprint density at radius 1 is 0.674 bits per heavy atom. The summed E-state index contributed by atoms with van der Waals surface area (Å²) in [7, 11) is 0. The third-order valence-corrected chi connectivity index (χ3v) is 13.3. The van der Waals surface area contributed by atoms with Gasteiger partial charge in [-0.15, -0.1) is 0 Å². The normalized spacial score (nSPS) is 41.7. The summed E-state index contributed by atoms with van der Waals surface area (Å²) in [5.74, 6) is 2.64. The van der Waals surface area contributed by atoms with Crippen LogP contribution in [0.2, 0.25) is 0 Å². The Morgan fingerprint density at radius 2 is 1.20 bits per heavy atom. The van der Waals surface area contributed by atoms with Crippen molar-refractivity contribution in [2.24, 2.45) is 79.3 Å². The fourth-order valence-electron chi connectivity index (χ4n) is 12.4. The van der Waals surface area contributed by atoms with Crippen molar-refractivity contribution in [3.05, 3.63) is 0 Å². The second-order valence-corrected chi connectivity index (χ2v) is 23.9. The van der Waals surface area contributed by atoms with Gasteiger partial charge in [0.05, 0.1) is 12.2 Å². The Kier molecular flexibility index (Phi) is 9.85. The quantitative estimate of drug-likeness (QED) is 0.276. The van der Waals surface area contributed by atoms with Gasteiger partial charge < -0.3 is 14.2 Å². The predicted molar refractivity (Wildman–Crippen MR) is 195 cm³/mol. The molecule has 0 radical (unpaired) electrons. The summed E-state index contributed by atoms with van der Waals surface area (Å²) >= 11 is 0. The molecule has 2 aliphatic carbocycles. The molecule has 4 rings (SSSR count). The highest BCUT2D eigenvalue weighted by atomic mass is 16.8. The molecule has 270 valence electrons. The molecule has 46 heavy (non-hydrogen) atoms. The van der Waals surface area contributed by atoms with E-state index in [1.807, 2.05) is 0 Å². The number of rotatable bonds is 7. The van der Waals surface area contributed by atoms with Crippen molar-refractivity contribution in [2.45, 2.75) is 195 Å². The minimum atomic E-state index is -0.723. The first kappa shape index (κ1) is 38.7. The zero-order valence-corrected chi connectivity index (χ0v) is 34.5. The monoisotopic (exact) mass is 645 g/mol. The first-order valence-electron chi connectivity index (χ1n) is 19.3. The van der Waals surface area contributed by atoms with Gasteiger partial charge in [-0.1, -0.05) is 138 Å². The van der Waals surface area contributed by atoms with Crippen molar-refractivity contribution in [3.8, 4) is 0 Å². The third-order valence-electron chi connectivity index (χ3n) is 13.3. The highest BCUT2D eigenvalue weighted by Gasteiger charge is 2.72. The zero-order chi connectivity index (χ0) is 35.4. The molecule has 0 amide bonds. The summed E-state index contributed by atoms with van der Waals surface area (Å²) in [5, 5.41) is 0. The second-order valence-electron chi connectivity index (χ2n) is 23.9. The fourth-order valence-corrected chi connectivity index (χ4v) is 12.4. The maximum Gasteiger partial charge on any atom is 0.175 e. The topological polar surface area (TPSA) is 27.7 Å². The van der Waals surface area contributed by atoms with Crippen molar-refractivity contribution in [1.29, 1.82) is 0 Å². The van der Waals surface area contributed by atoms with Crippen LogP contribution >= 0.6 is 0 Å². The van der Waals surface area contributed by atoms with Gasteiger partial charge in [0.2, 0.25) is 0 Å². The largest absolute Gasteiger partial charge is 0.349 e. The van der Waals surface area contributed by atoms with Crippen molar-refractivity contribution < 1.29 is 14.2 Å². The highest BCUT2D eigenvalue weighted by molar-refractivity contribution is 5.17. The maximum absolute atomic E-state index is 7.94. The molecule has 0 spiro atoms. The van der Waals surface area contributed by atoms with Crippen molar-refractivity contribution in [3.63, 3.8) is 0 Å². The Labute approximate surface area is 287 Å². The molecule has 3 nitrogen and oxygen atoms in total. The first-order valence-corrected chi connectivity index (χ1v) is 19.3. The van der Waals surface area contributed by atoms with Gasteiger partial charge in [0.15, 0.2) is 12.1 Å². The molecule has 0 aromatic rings. The molecule has 0 aromatic heterocycles. The number of hydrogen-bond acceptors (Lipinski definition) is 3. The van der Waals surface area contributed by atoms with E-state index >= 15 is 0 Å². The molecule has 0 aromatic carbocycles. The van der Waals surface area contributed by atoms with Gasteiger partial charge in [0.25, 0.3) is 0 Å². The van der Waals surface area contributed by atoms with Gasteiger partial charge in [-0.3, -0.25) is 0 Å². The molecular weight excluding hydrogens is 564 g/mol. The summed E-state index contributed by atoms with van der Waals surface area (Å²) in [5.41, 5.74) is 0.967. The van der Waals surface area contributed by atoms with E-state index in [0.717, 1.165) is 19.3 Å². The third kappa shape index (κ3) is 7.33. The van der Waals surface area contributed by atoms with E-state index in [1.165, 1.54) is 12.8 Å². The van der Waals surface area contributed by atoms with Gasteiger partial charge in [0, 0.05) is 18.3 Å². The average molecular weight is 645 g/mol. The van der Waals surface area contributed by atoms with Gasteiger partial charge >= 0.3 is 0 Å². The molecule has 2 aliphatic heterocycles. The lowest BCUT2D eigenvalue weighted by Crippen LogP contribution is -2.58. The molecule has 11 atom stereocenters. The molecule has 4 fully saturated rings.